The summed E-state index contributed by atoms with van der Waals surface area (Å²) in [5.41, 5.74) is 1.13. The number of nitrogens with zero attached hydrogens (tertiary/aromatic N) is 1. The van der Waals surface area contributed by atoms with Crippen molar-refractivity contribution in [3.63, 3.8) is 0 Å². The lowest BCUT2D eigenvalue weighted by Crippen LogP contribution is -2.34. The van der Waals surface area contributed by atoms with Crippen molar-refractivity contribution < 1.29 is 8.78 Å². The fraction of sp³-hybridized carbons (Fsp3) is 0.438. The third kappa shape index (κ3) is 4.58. The number of hydrogen-bond donors (Lipinski definition) is 1. The Morgan fingerprint density at radius 2 is 1.95 bits per heavy atom. The largest absolute Gasteiger partial charge is 0.313 e. The quantitative estimate of drug-likeness (QED) is 0.839. The Labute approximate surface area is 128 Å². The van der Waals surface area contributed by atoms with E-state index in [4.69, 9.17) is 0 Å². The smallest absolute Gasteiger partial charge is 0.129 e. The topological polar surface area (TPSA) is 24.9 Å². The van der Waals surface area contributed by atoms with E-state index in [1.165, 1.54) is 18.2 Å². The van der Waals surface area contributed by atoms with Crippen LogP contribution >= 0.6 is 11.3 Å². The van der Waals surface area contributed by atoms with Gasteiger partial charge < -0.3 is 5.32 Å². The Hall–Kier alpha value is -1.33. The van der Waals surface area contributed by atoms with Crippen LogP contribution in [0.25, 0.3) is 0 Å². The van der Waals surface area contributed by atoms with Crippen molar-refractivity contribution in [3.05, 3.63) is 51.5 Å². The second-order valence-electron chi connectivity index (χ2n) is 5.12. The standard InChI is InChI=1S/C16H20F2N2S/c1-3-7-19-12(8-13-10-21-11(2)20-13)9-14-15(17)5-4-6-16(14)18/h4-6,10,12,19H,3,7-9H2,1-2H3. The molecular formula is C16H20F2N2S. The van der Waals surface area contributed by atoms with E-state index in [0.717, 1.165) is 23.7 Å². The Morgan fingerprint density at radius 1 is 1.24 bits per heavy atom. The average molecular weight is 310 g/mol. The van der Waals surface area contributed by atoms with Gasteiger partial charge >= 0.3 is 0 Å². The molecule has 0 bridgehead atoms. The molecule has 0 radical (unpaired) electrons. The second kappa shape index (κ2) is 7.61. The summed E-state index contributed by atoms with van der Waals surface area (Å²) in [6.45, 7) is 4.85. The summed E-state index contributed by atoms with van der Waals surface area (Å²) in [6, 6.07) is 4.00. The summed E-state index contributed by atoms with van der Waals surface area (Å²) >= 11 is 1.60. The van der Waals surface area contributed by atoms with E-state index in [1.54, 1.807) is 11.3 Å². The molecule has 0 amide bonds. The highest BCUT2D eigenvalue weighted by molar-refractivity contribution is 7.09. The molecule has 0 aliphatic carbocycles. The first-order valence-corrected chi connectivity index (χ1v) is 8.05. The third-order valence-electron chi connectivity index (χ3n) is 3.32. The lowest BCUT2D eigenvalue weighted by molar-refractivity contribution is 0.472. The summed E-state index contributed by atoms with van der Waals surface area (Å²) in [6.07, 6.45) is 1.99. The molecule has 0 aliphatic heterocycles. The SMILES string of the molecule is CCCNC(Cc1csc(C)n1)Cc1c(F)cccc1F. The zero-order valence-electron chi connectivity index (χ0n) is 12.3. The van der Waals surface area contributed by atoms with E-state index < -0.39 is 11.6 Å². The highest BCUT2D eigenvalue weighted by atomic mass is 32.1. The maximum Gasteiger partial charge on any atom is 0.129 e. The normalized spacial score (nSPS) is 12.6. The van der Waals surface area contributed by atoms with Gasteiger partial charge in [0.05, 0.1) is 10.7 Å². The number of hydrogen-bond acceptors (Lipinski definition) is 3. The van der Waals surface area contributed by atoms with Crippen LogP contribution in [0, 0.1) is 18.6 Å². The minimum Gasteiger partial charge on any atom is -0.313 e. The van der Waals surface area contributed by atoms with Crippen LogP contribution in [0.2, 0.25) is 0 Å². The molecule has 0 saturated heterocycles. The summed E-state index contributed by atoms with van der Waals surface area (Å²) < 4.78 is 27.6. The summed E-state index contributed by atoms with van der Waals surface area (Å²) in [4.78, 5) is 4.44. The molecule has 0 fully saturated rings. The van der Waals surface area contributed by atoms with Gasteiger partial charge in [-0.25, -0.2) is 13.8 Å². The highest BCUT2D eigenvalue weighted by Gasteiger charge is 2.17. The minimum absolute atomic E-state index is 0.0159. The Kier molecular flexibility index (Phi) is 5.82. The Balaban J connectivity index is 2.12. The number of nitrogens with one attached hydrogen (secondary N) is 1. The minimum atomic E-state index is -0.479. The van der Waals surface area contributed by atoms with Gasteiger partial charge in [-0.1, -0.05) is 13.0 Å². The van der Waals surface area contributed by atoms with Gasteiger partial charge in [0, 0.05) is 23.4 Å². The number of aromatic nitrogens is 1. The van der Waals surface area contributed by atoms with Crippen molar-refractivity contribution in [2.75, 3.05) is 6.54 Å². The van der Waals surface area contributed by atoms with Crippen molar-refractivity contribution in [1.82, 2.24) is 10.3 Å². The molecule has 1 aromatic carbocycles. The predicted octanol–water partition coefficient (Wildman–Crippen LogP) is 3.88. The lowest BCUT2D eigenvalue weighted by atomic mass is 10.0. The van der Waals surface area contributed by atoms with Gasteiger partial charge in [0.25, 0.3) is 0 Å². The van der Waals surface area contributed by atoms with E-state index in [2.05, 4.69) is 17.2 Å². The fourth-order valence-corrected chi connectivity index (χ4v) is 2.92. The van der Waals surface area contributed by atoms with E-state index in [1.807, 2.05) is 12.3 Å². The maximum absolute atomic E-state index is 13.8. The van der Waals surface area contributed by atoms with Crippen molar-refractivity contribution in [1.29, 1.82) is 0 Å². The number of benzene rings is 1. The molecule has 0 aliphatic rings. The monoisotopic (exact) mass is 310 g/mol. The van der Waals surface area contributed by atoms with Gasteiger partial charge in [-0.05, 0) is 38.4 Å². The van der Waals surface area contributed by atoms with E-state index >= 15 is 0 Å². The molecule has 2 aromatic rings. The highest BCUT2D eigenvalue weighted by Crippen LogP contribution is 2.17. The van der Waals surface area contributed by atoms with E-state index in [0.29, 0.717) is 12.8 Å². The van der Waals surface area contributed by atoms with Crippen LogP contribution in [0.5, 0.6) is 0 Å². The Morgan fingerprint density at radius 3 is 2.52 bits per heavy atom. The fourth-order valence-electron chi connectivity index (χ4n) is 2.29. The third-order valence-corrected chi connectivity index (χ3v) is 4.14. The molecule has 1 heterocycles. The first-order chi connectivity index (χ1) is 10.1. The average Bonchev–Trinajstić information content (AvgIpc) is 2.85. The molecule has 21 heavy (non-hydrogen) atoms. The molecule has 1 atom stereocenters. The van der Waals surface area contributed by atoms with Gasteiger partial charge in [-0.15, -0.1) is 11.3 Å². The van der Waals surface area contributed by atoms with Crippen LogP contribution in [0.4, 0.5) is 8.78 Å². The van der Waals surface area contributed by atoms with Crippen LogP contribution in [0.3, 0.4) is 0 Å². The molecule has 1 N–H and O–H groups in total. The number of aryl methyl sites for hydroxylation is 1. The van der Waals surface area contributed by atoms with Gasteiger partial charge in [0.2, 0.25) is 0 Å². The first-order valence-electron chi connectivity index (χ1n) is 7.17. The number of thiazole rings is 1. The van der Waals surface area contributed by atoms with Crippen molar-refractivity contribution in [3.8, 4) is 0 Å². The molecule has 0 saturated carbocycles. The lowest BCUT2D eigenvalue weighted by Gasteiger charge is -2.18. The molecule has 5 heteroatoms. The summed E-state index contributed by atoms with van der Waals surface area (Å²) in [5, 5.41) is 6.38. The maximum atomic E-state index is 13.8. The van der Waals surface area contributed by atoms with Crippen LogP contribution in [-0.4, -0.2) is 17.6 Å². The van der Waals surface area contributed by atoms with Gasteiger partial charge in [-0.3, -0.25) is 0 Å². The molecule has 1 unspecified atom stereocenters. The zero-order valence-corrected chi connectivity index (χ0v) is 13.1. The van der Waals surface area contributed by atoms with Crippen LogP contribution < -0.4 is 5.32 Å². The molecule has 1 aromatic heterocycles. The summed E-state index contributed by atoms with van der Waals surface area (Å²) in [7, 11) is 0. The molecular weight excluding hydrogens is 290 g/mol. The molecule has 114 valence electrons. The first kappa shape index (κ1) is 16.0. The van der Waals surface area contributed by atoms with Crippen LogP contribution in [0.1, 0.15) is 29.6 Å². The van der Waals surface area contributed by atoms with Gasteiger partial charge in [0.15, 0.2) is 0 Å². The predicted molar refractivity (Wildman–Crippen MR) is 82.7 cm³/mol. The zero-order chi connectivity index (χ0) is 15.2. The van der Waals surface area contributed by atoms with Crippen molar-refractivity contribution in [2.24, 2.45) is 0 Å². The van der Waals surface area contributed by atoms with E-state index in [-0.39, 0.29) is 11.6 Å². The molecule has 2 nitrogen and oxygen atoms in total. The van der Waals surface area contributed by atoms with Gasteiger partial charge in [0.1, 0.15) is 11.6 Å². The number of rotatable bonds is 7. The van der Waals surface area contributed by atoms with Crippen LogP contribution in [0.15, 0.2) is 23.6 Å². The second-order valence-corrected chi connectivity index (χ2v) is 6.18. The molecule has 0 spiro atoms. The molecule has 2 rings (SSSR count). The van der Waals surface area contributed by atoms with Crippen LogP contribution in [-0.2, 0) is 12.8 Å². The Bertz CT molecular complexity index is 563. The van der Waals surface area contributed by atoms with E-state index in [9.17, 15) is 8.78 Å². The number of halogens is 2. The van der Waals surface area contributed by atoms with Crippen molar-refractivity contribution >= 4 is 11.3 Å². The van der Waals surface area contributed by atoms with Gasteiger partial charge in [-0.2, -0.15) is 0 Å². The van der Waals surface area contributed by atoms with Crippen molar-refractivity contribution in [2.45, 2.75) is 39.2 Å². The summed E-state index contributed by atoms with van der Waals surface area (Å²) in [5.74, 6) is -0.958.